The number of hydrogen-bond acceptors (Lipinski definition) is 2. The van der Waals surface area contributed by atoms with Crippen molar-refractivity contribution in [2.24, 2.45) is 0 Å². The molecule has 0 atom stereocenters. The van der Waals surface area contributed by atoms with Crippen LogP contribution in [0.3, 0.4) is 0 Å². The number of rotatable bonds is 0. The maximum Gasteiger partial charge on any atom is 0.420 e. The van der Waals surface area contributed by atoms with E-state index in [4.69, 9.17) is 10.8 Å². The van der Waals surface area contributed by atoms with Gasteiger partial charge < -0.3 is 10.8 Å². The quantitative estimate of drug-likeness (QED) is 0.545. The molecule has 16 heavy (non-hydrogen) atoms. The Morgan fingerprint density at radius 2 is 1.44 bits per heavy atom. The van der Waals surface area contributed by atoms with Crippen LogP contribution in [-0.4, -0.2) is 5.11 Å². The third-order valence-corrected chi connectivity index (χ3v) is 1.73. The summed E-state index contributed by atoms with van der Waals surface area (Å²) in [7, 11) is 0. The van der Waals surface area contributed by atoms with Crippen LogP contribution in [0.2, 0.25) is 0 Å². The maximum absolute atomic E-state index is 12.3. The highest BCUT2D eigenvalue weighted by Crippen LogP contribution is 2.45. The second-order valence-corrected chi connectivity index (χ2v) is 2.96. The zero-order valence-corrected chi connectivity index (χ0v) is 7.45. The van der Waals surface area contributed by atoms with E-state index < -0.39 is 34.9 Å². The van der Waals surface area contributed by atoms with Gasteiger partial charge in [-0.15, -0.1) is 0 Å². The highest BCUT2D eigenvalue weighted by atomic mass is 19.4. The van der Waals surface area contributed by atoms with Gasteiger partial charge in [-0.25, -0.2) is 0 Å². The fraction of sp³-hybridized carbons (Fsp3) is 0.250. The van der Waals surface area contributed by atoms with Crippen LogP contribution in [0, 0.1) is 0 Å². The van der Waals surface area contributed by atoms with E-state index in [2.05, 4.69) is 0 Å². The van der Waals surface area contributed by atoms with E-state index in [9.17, 15) is 26.3 Å². The van der Waals surface area contributed by atoms with Gasteiger partial charge in [-0.05, 0) is 6.07 Å². The summed E-state index contributed by atoms with van der Waals surface area (Å²) in [6, 6.07) is 0.542. The topological polar surface area (TPSA) is 46.2 Å². The molecule has 90 valence electrons. The van der Waals surface area contributed by atoms with Crippen LogP contribution in [-0.2, 0) is 12.4 Å². The number of nitrogen functional groups attached to an aromatic ring is 1. The van der Waals surface area contributed by atoms with Gasteiger partial charge in [0, 0.05) is 11.8 Å². The molecule has 0 aromatic heterocycles. The lowest BCUT2D eigenvalue weighted by Crippen LogP contribution is -2.17. The number of benzene rings is 1. The molecule has 0 saturated carbocycles. The van der Waals surface area contributed by atoms with Crippen LogP contribution < -0.4 is 5.73 Å². The Balaban J connectivity index is 3.58. The molecule has 0 aliphatic carbocycles. The summed E-state index contributed by atoms with van der Waals surface area (Å²) in [4.78, 5) is 0. The zero-order valence-electron chi connectivity index (χ0n) is 7.45. The van der Waals surface area contributed by atoms with Crippen LogP contribution >= 0.6 is 0 Å². The Morgan fingerprint density at radius 3 is 1.81 bits per heavy atom. The first-order chi connectivity index (χ1) is 7.03. The van der Waals surface area contributed by atoms with Gasteiger partial charge in [0.05, 0.1) is 5.56 Å². The van der Waals surface area contributed by atoms with Crippen molar-refractivity contribution in [3.63, 3.8) is 0 Å². The summed E-state index contributed by atoms with van der Waals surface area (Å²) >= 11 is 0. The molecule has 8 heteroatoms. The largest absolute Gasteiger partial charge is 0.507 e. The molecular formula is C8H5F6NO. The van der Waals surface area contributed by atoms with Gasteiger partial charge in [0.2, 0.25) is 0 Å². The molecular weight excluding hydrogens is 240 g/mol. The van der Waals surface area contributed by atoms with Gasteiger partial charge in [-0.2, -0.15) is 26.3 Å². The van der Waals surface area contributed by atoms with Crippen molar-refractivity contribution in [2.45, 2.75) is 12.4 Å². The normalized spacial score (nSPS) is 12.9. The third-order valence-electron chi connectivity index (χ3n) is 1.73. The molecule has 0 radical (unpaired) electrons. The van der Waals surface area contributed by atoms with E-state index in [0.29, 0.717) is 6.07 Å². The van der Waals surface area contributed by atoms with Crippen molar-refractivity contribution in [1.29, 1.82) is 0 Å². The minimum Gasteiger partial charge on any atom is -0.507 e. The van der Waals surface area contributed by atoms with Crippen molar-refractivity contribution in [1.82, 2.24) is 0 Å². The predicted molar refractivity (Wildman–Crippen MR) is 42.5 cm³/mol. The average Bonchev–Trinajstić information content (AvgIpc) is 1.97. The molecule has 0 heterocycles. The molecule has 0 amide bonds. The maximum atomic E-state index is 12.3. The summed E-state index contributed by atoms with van der Waals surface area (Å²) in [5, 5.41) is 8.87. The first-order valence-corrected chi connectivity index (χ1v) is 3.80. The van der Waals surface area contributed by atoms with Crippen molar-refractivity contribution in [3.05, 3.63) is 23.3 Å². The predicted octanol–water partition coefficient (Wildman–Crippen LogP) is 3.01. The van der Waals surface area contributed by atoms with Gasteiger partial charge in [0.15, 0.2) is 0 Å². The van der Waals surface area contributed by atoms with E-state index in [1.807, 2.05) is 0 Å². The number of nitrogens with two attached hydrogens (primary N) is 1. The van der Waals surface area contributed by atoms with Crippen molar-refractivity contribution in [3.8, 4) is 5.75 Å². The van der Waals surface area contributed by atoms with Crippen LogP contribution in [0.4, 0.5) is 32.0 Å². The monoisotopic (exact) mass is 245 g/mol. The summed E-state index contributed by atoms with van der Waals surface area (Å²) in [5.74, 6) is -1.54. The number of phenols is 1. The van der Waals surface area contributed by atoms with Gasteiger partial charge in [0.1, 0.15) is 11.3 Å². The average molecular weight is 245 g/mol. The summed E-state index contributed by atoms with van der Waals surface area (Å²) in [6.07, 6.45) is -10.5. The van der Waals surface area contributed by atoms with E-state index in [1.165, 1.54) is 0 Å². The lowest BCUT2D eigenvalue weighted by Gasteiger charge is -2.17. The Morgan fingerprint density at radius 1 is 0.938 bits per heavy atom. The summed E-state index contributed by atoms with van der Waals surface area (Å²) in [5.41, 5.74) is 0.209. The number of halogens is 6. The lowest BCUT2D eigenvalue weighted by molar-refractivity contribution is -0.162. The fourth-order valence-electron chi connectivity index (χ4n) is 1.17. The molecule has 0 bridgehead atoms. The van der Waals surface area contributed by atoms with Gasteiger partial charge >= 0.3 is 12.4 Å². The SMILES string of the molecule is Nc1cc(O)c(C(F)(F)F)c(C(F)(F)F)c1. The van der Waals surface area contributed by atoms with Crippen LogP contribution in [0.25, 0.3) is 0 Å². The molecule has 1 aromatic rings. The molecule has 1 aromatic carbocycles. The Labute approximate surface area is 85.3 Å². The third kappa shape index (κ3) is 2.31. The number of hydrogen-bond donors (Lipinski definition) is 2. The fourth-order valence-corrected chi connectivity index (χ4v) is 1.17. The summed E-state index contributed by atoms with van der Waals surface area (Å²) < 4.78 is 73.6. The van der Waals surface area contributed by atoms with E-state index in [0.717, 1.165) is 0 Å². The molecule has 3 N–H and O–H groups in total. The Bertz CT molecular complexity index is 408. The van der Waals surface area contributed by atoms with Crippen molar-refractivity contribution < 1.29 is 31.4 Å². The van der Waals surface area contributed by atoms with Crippen LogP contribution in [0.1, 0.15) is 11.1 Å². The number of aromatic hydroxyl groups is 1. The van der Waals surface area contributed by atoms with Gasteiger partial charge in [-0.1, -0.05) is 0 Å². The number of phenolic OH excluding ortho intramolecular Hbond substituents is 1. The van der Waals surface area contributed by atoms with E-state index >= 15 is 0 Å². The molecule has 0 fully saturated rings. The zero-order chi connectivity index (χ0) is 12.7. The lowest BCUT2D eigenvalue weighted by atomic mass is 10.0. The molecule has 0 unspecified atom stereocenters. The van der Waals surface area contributed by atoms with Crippen LogP contribution in [0.15, 0.2) is 12.1 Å². The summed E-state index contributed by atoms with van der Waals surface area (Å²) in [6.45, 7) is 0. The standard InChI is InChI=1S/C8H5F6NO/c9-7(10,11)4-1-3(15)2-5(16)6(4)8(12,13)14/h1-2,16H,15H2. The highest BCUT2D eigenvalue weighted by molar-refractivity contribution is 5.54. The van der Waals surface area contributed by atoms with Crippen molar-refractivity contribution in [2.75, 3.05) is 5.73 Å². The molecule has 0 aliphatic heterocycles. The molecule has 0 aliphatic rings. The highest BCUT2D eigenvalue weighted by Gasteiger charge is 2.45. The molecule has 2 nitrogen and oxygen atoms in total. The second-order valence-electron chi connectivity index (χ2n) is 2.96. The molecule has 0 saturated heterocycles. The van der Waals surface area contributed by atoms with E-state index in [-0.39, 0.29) is 6.07 Å². The first kappa shape index (κ1) is 12.5. The Hall–Kier alpha value is -1.60. The van der Waals surface area contributed by atoms with Gasteiger partial charge in [-0.3, -0.25) is 0 Å². The molecule has 1 rings (SSSR count). The van der Waals surface area contributed by atoms with Gasteiger partial charge in [0.25, 0.3) is 0 Å². The van der Waals surface area contributed by atoms with Crippen LogP contribution in [0.5, 0.6) is 5.75 Å². The minimum atomic E-state index is -5.30. The Kier molecular flexibility index (Phi) is 2.70. The molecule has 0 spiro atoms. The number of anilines is 1. The first-order valence-electron chi connectivity index (χ1n) is 3.80. The van der Waals surface area contributed by atoms with E-state index in [1.54, 1.807) is 0 Å². The number of alkyl halides is 6. The van der Waals surface area contributed by atoms with Crippen molar-refractivity contribution >= 4 is 5.69 Å². The minimum absolute atomic E-state index is 0.128. The second kappa shape index (κ2) is 3.46. The smallest absolute Gasteiger partial charge is 0.420 e.